The molecule has 1 heterocycles. The van der Waals surface area contributed by atoms with Crippen molar-refractivity contribution in [1.82, 2.24) is 0 Å². The smallest absolute Gasteiger partial charge is 0.261 e. The molecular formula is C17H18ClNO3. The van der Waals surface area contributed by atoms with Gasteiger partial charge in [-0.3, -0.25) is 9.59 Å². The molecule has 1 fully saturated rings. The summed E-state index contributed by atoms with van der Waals surface area (Å²) in [5, 5.41) is 0.423. The van der Waals surface area contributed by atoms with Crippen molar-refractivity contribution in [2.75, 3.05) is 11.5 Å². The van der Waals surface area contributed by atoms with Gasteiger partial charge in [-0.1, -0.05) is 23.8 Å². The van der Waals surface area contributed by atoms with Crippen molar-refractivity contribution >= 4 is 29.1 Å². The Morgan fingerprint density at radius 3 is 2.55 bits per heavy atom. The number of benzene rings is 1. The van der Waals surface area contributed by atoms with E-state index < -0.39 is 0 Å². The number of allylic oxidation sites excluding steroid dienone is 1. The van der Waals surface area contributed by atoms with Crippen molar-refractivity contribution in [3.63, 3.8) is 0 Å². The van der Waals surface area contributed by atoms with Gasteiger partial charge in [-0.25, -0.2) is 4.90 Å². The maximum Gasteiger partial charge on any atom is 0.261 e. The van der Waals surface area contributed by atoms with Gasteiger partial charge in [-0.15, -0.1) is 0 Å². The maximum absolute atomic E-state index is 12.4. The molecule has 0 aliphatic carbocycles. The highest BCUT2D eigenvalue weighted by Crippen LogP contribution is 2.34. The van der Waals surface area contributed by atoms with Gasteiger partial charge in [-0.05, 0) is 38.5 Å². The highest BCUT2D eigenvalue weighted by Gasteiger charge is 2.35. The van der Waals surface area contributed by atoms with Gasteiger partial charge in [0.25, 0.3) is 5.91 Å². The van der Waals surface area contributed by atoms with E-state index in [1.165, 1.54) is 4.90 Å². The van der Waals surface area contributed by atoms with E-state index in [4.69, 9.17) is 16.3 Å². The van der Waals surface area contributed by atoms with E-state index in [9.17, 15) is 9.59 Å². The number of imide groups is 1. The predicted octanol–water partition coefficient (Wildman–Crippen LogP) is 3.89. The second-order valence-electron chi connectivity index (χ2n) is 5.55. The number of hydrogen-bond acceptors (Lipinski definition) is 3. The first kappa shape index (κ1) is 16.3. The van der Waals surface area contributed by atoms with Crippen molar-refractivity contribution in [3.8, 4) is 5.75 Å². The molecule has 2 rings (SSSR count). The second kappa shape index (κ2) is 6.36. The quantitative estimate of drug-likeness (QED) is 0.480. The Morgan fingerprint density at radius 1 is 1.32 bits per heavy atom. The van der Waals surface area contributed by atoms with Gasteiger partial charge < -0.3 is 4.74 Å². The number of ether oxygens (including phenoxy) is 1. The molecule has 2 amide bonds. The van der Waals surface area contributed by atoms with Crippen molar-refractivity contribution in [1.29, 1.82) is 0 Å². The summed E-state index contributed by atoms with van der Waals surface area (Å²) in [6.45, 7) is 9.58. The Morgan fingerprint density at radius 2 is 2.00 bits per heavy atom. The minimum absolute atomic E-state index is 0.131. The third kappa shape index (κ3) is 3.22. The zero-order valence-electron chi connectivity index (χ0n) is 12.9. The molecule has 0 atom stereocenters. The number of hydrogen-bond donors (Lipinski definition) is 0. The molecular weight excluding hydrogens is 302 g/mol. The van der Waals surface area contributed by atoms with E-state index in [0.29, 0.717) is 28.6 Å². The molecule has 0 bridgehead atoms. The lowest BCUT2D eigenvalue weighted by Crippen LogP contribution is -2.29. The Balaban J connectivity index is 2.35. The molecule has 0 radical (unpaired) electrons. The van der Waals surface area contributed by atoms with Gasteiger partial charge in [0.1, 0.15) is 12.4 Å². The van der Waals surface area contributed by atoms with Crippen LogP contribution in [0.15, 0.2) is 41.5 Å². The molecule has 1 saturated heterocycles. The van der Waals surface area contributed by atoms with Gasteiger partial charge in [0.2, 0.25) is 5.91 Å². The monoisotopic (exact) mass is 319 g/mol. The summed E-state index contributed by atoms with van der Waals surface area (Å²) in [5.41, 5.74) is 2.71. The van der Waals surface area contributed by atoms with Crippen molar-refractivity contribution in [3.05, 3.63) is 46.5 Å². The SMILES string of the molecule is C=C(C)COc1cc(N2C(=O)CC(=C(C)C)C2=O)ccc1Cl. The van der Waals surface area contributed by atoms with E-state index in [2.05, 4.69) is 6.58 Å². The first-order valence-electron chi connectivity index (χ1n) is 6.91. The lowest BCUT2D eigenvalue weighted by Gasteiger charge is -2.16. The summed E-state index contributed by atoms with van der Waals surface area (Å²) >= 11 is 6.09. The highest BCUT2D eigenvalue weighted by atomic mass is 35.5. The number of rotatable bonds is 4. The van der Waals surface area contributed by atoms with Gasteiger partial charge in [0.15, 0.2) is 0 Å². The van der Waals surface area contributed by atoms with Crippen LogP contribution in [0.3, 0.4) is 0 Å². The van der Waals surface area contributed by atoms with Crippen molar-refractivity contribution in [2.24, 2.45) is 0 Å². The lowest BCUT2D eigenvalue weighted by molar-refractivity contribution is -0.120. The minimum atomic E-state index is -0.279. The zero-order chi connectivity index (χ0) is 16.4. The van der Waals surface area contributed by atoms with E-state index in [1.807, 2.05) is 20.8 Å². The van der Waals surface area contributed by atoms with Crippen LogP contribution in [0, 0.1) is 0 Å². The van der Waals surface area contributed by atoms with Crippen molar-refractivity contribution in [2.45, 2.75) is 27.2 Å². The van der Waals surface area contributed by atoms with Crippen LogP contribution in [-0.4, -0.2) is 18.4 Å². The van der Waals surface area contributed by atoms with Gasteiger partial charge in [0, 0.05) is 11.6 Å². The van der Waals surface area contributed by atoms with Crippen LogP contribution in [0.1, 0.15) is 27.2 Å². The molecule has 1 aromatic rings. The van der Waals surface area contributed by atoms with Crippen LogP contribution >= 0.6 is 11.6 Å². The topological polar surface area (TPSA) is 46.6 Å². The number of halogens is 1. The Bertz CT molecular complexity index is 687. The summed E-state index contributed by atoms with van der Waals surface area (Å²) in [4.78, 5) is 25.7. The van der Waals surface area contributed by atoms with Gasteiger partial charge >= 0.3 is 0 Å². The van der Waals surface area contributed by atoms with Gasteiger partial charge in [0.05, 0.1) is 17.1 Å². The summed E-state index contributed by atoms with van der Waals surface area (Å²) in [7, 11) is 0. The molecule has 116 valence electrons. The molecule has 0 saturated carbocycles. The summed E-state index contributed by atoms with van der Waals surface area (Å²) in [5.74, 6) is -0.0963. The average molecular weight is 320 g/mol. The fourth-order valence-electron chi connectivity index (χ4n) is 2.15. The van der Waals surface area contributed by atoms with Crippen LogP contribution in [0.2, 0.25) is 5.02 Å². The number of anilines is 1. The number of nitrogens with zero attached hydrogens (tertiary/aromatic N) is 1. The maximum atomic E-state index is 12.4. The van der Waals surface area contributed by atoms with Crippen LogP contribution in [0.4, 0.5) is 5.69 Å². The average Bonchev–Trinajstić information content (AvgIpc) is 2.73. The van der Waals surface area contributed by atoms with Crippen LogP contribution < -0.4 is 9.64 Å². The Hall–Kier alpha value is -2.07. The Labute approximate surface area is 135 Å². The molecule has 4 nitrogen and oxygen atoms in total. The molecule has 1 aliphatic rings. The summed E-state index contributed by atoms with van der Waals surface area (Å²) in [6, 6.07) is 4.86. The zero-order valence-corrected chi connectivity index (χ0v) is 13.7. The molecule has 0 N–H and O–H groups in total. The molecule has 5 heteroatoms. The second-order valence-corrected chi connectivity index (χ2v) is 5.96. The van der Waals surface area contributed by atoms with E-state index in [0.717, 1.165) is 11.1 Å². The fraction of sp³-hybridized carbons (Fsp3) is 0.294. The largest absolute Gasteiger partial charge is 0.488 e. The van der Waals surface area contributed by atoms with E-state index in [-0.39, 0.29) is 18.2 Å². The third-order valence-electron chi connectivity index (χ3n) is 3.29. The summed E-state index contributed by atoms with van der Waals surface area (Å²) in [6.07, 6.45) is 0.131. The number of carbonyl (C=O) groups excluding carboxylic acids is 2. The summed E-state index contributed by atoms with van der Waals surface area (Å²) < 4.78 is 5.55. The van der Waals surface area contributed by atoms with Crippen LogP contribution in [0.25, 0.3) is 0 Å². The predicted molar refractivity (Wildman–Crippen MR) is 87.2 cm³/mol. The fourth-order valence-corrected chi connectivity index (χ4v) is 2.32. The minimum Gasteiger partial charge on any atom is -0.488 e. The molecule has 0 unspecified atom stereocenters. The van der Waals surface area contributed by atoms with Crippen LogP contribution in [0.5, 0.6) is 5.75 Å². The first-order valence-corrected chi connectivity index (χ1v) is 7.29. The molecule has 22 heavy (non-hydrogen) atoms. The lowest BCUT2D eigenvalue weighted by atomic mass is 10.1. The first-order chi connectivity index (χ1) is 10.3. The highest BCUT2D eigenvalue weighted by molar-refractivity contribution is 6.32. The number of carbonyl (C=O) groups is 2. The molecule has 0 spiro atoms. The normalized spacial score (nSPS) is 14.5. The third-order valence-corrected chi connectivity index (χ3v) is 3.60. The van der Waals surface area contributed by atoms with Crippen molar-refractivity contribution < 1.29 is 14.3 Å². The van der Waals surface area contributed by atoms with Gasteiger partial charge in [-0.2, -0.15) is 0 Å². The molecule has 1 aromatic carbocycles. The van der Waals surface area contributed by atoms with E-state index >= 15 is 0 Å². The standard InChI is InChI=1S/C17H18ClNO3/c1-10(2)9-22-15-7-12(5-6-14(15)18)19-16(20)8-13(11(3)4)17(19)21/h5-7H,1,8-9H2,2-4H3. The molecule has 0 aromatic heterocycles. The Kier molecular flexibility index (Phi) is 4.71. The van der Waals surface area contributed by atoms with E-state index in [1.54, 1.807) is 18.2 Å². The van der Waals surface area contributed by atoms with Crippen LogP contribution in [-0.2, 0) is 9.59 Å². The number of amides is 2. The molecule has 1 aliphatic heterocycles.